The summed E-state index contributed by atoms with van der Waals surface area (Å²) < 4.78 is 4.51. The van der Waals surface area contributed by atoms with E-state index in [1.807, 2.05) is 0 Å². The Hall–Kier alpha value is -1.51. The van der Waals surface area contributed by atoms with Gasteiger partial charge in [-0.1, -0.05) is 19.2 Å². The van der Waals surface area contributed by atoms with Crippen molar-refractivity contribution in [2.75, 3.05) is 7.11 Å². The van der Waals surface area contributed by atoms with E-state index in [4.69, 9.17) is 5.73 Å². The molecule has 0 aromatic rings. The smallest absolute Gasteiger partial charge is 0.340 e. The predicted octanol–water partition coefficient (Wildman–Crippen LogP) is 1.13. The van der Waals surface area contributed by atoms with E-state index in [9.17, 15) is 4.79 Å². The summed E-state index contributed by atoms with van der Waals surface area (Å²) in [5, 5.41) is 0. The van der Waals surface area contributed by atoms with Crippen molar-refractivity contribution in [3.8, 4) is 0 Å². The van der Waals surface area contributed by atoms with Gasteiger partial charge in [0.05, 0.1) is 12.7 Å². The van der Waals surface area contributed by atoms with E-state index in [1.165, 1.54) is 13.2 Å². The number of ether oxygens (including phenoxy) is 1. The first-order valence-corrected chi connectivity index (χ1v) is 3.41. The molecule has 0 rings (SSSR count). The fraction of sp³-hybridized carbons (Fsp3) is 0.222. The standard InChI is InChI=1S/C9H13NO2/c1-5-6(2)8(7(3)10)9(11)12-4/h5H,1,3,10H2,2,4H3/b8-6+. The monoisotopic (exact) mass is 167 g/mol. The molecular weight excluding hydrogens is 154 g/mol. The molecule has 0 unspecified atom stereocenters. The molecule has 0 spiro atoms. The van der Waals surface area contributed by atoms with Crippen LogP contribution in [0.2, 0.25) is 0 Å². The van der Waals surface area contributed by atoms with Crippen molar-refractivity contribution < 1.29 is 9.53 Å². The lowest BCUT2D eigenvalue weighted by Gasteiger charge is -2.06. The van der Waals surface area contributed by atoms with Crippen LogP contribution in [-0.4, -0.2) is 13.1 Å². The first kappa shape index (κ1) is 10.5. The summed E-state index contributed by atoms with van der Waals surface area (Å²) in [7, 11) is 1.29. The van der Waals surface area contributed by atoms with Crippen LogP contribution in [0.4, 0.5) is 0 Å². The van der Waals surface area contributed by atoms with Gasteiger partial charge in [0.15, 0.2) is 0 Å². The lowest BCUT2D eigenvalue weighted by atomic mass is 10.1. The second-order valence-corrected chi connectivity index (χ2v) is 2.28. The van der Waals surface area contributed by atoms with E-state index in [2.05, 4.69) is 17.9 Å². The first-order valence-electron chi connectivity index (χ1n) is 3.41. The lowest BCUT2D eigenvalue weighted by Crippen LogP contribution is -2.13. The van der Waals surface area contributed by atoms with Gasteiger partial charge in [0.2, 0.25) is 0 Å². The molecule has 3 heteroatoms. The van der Waals surface area contributed by atoms with Crippen LogP contribution in [0.3, 0.4) is 0 Å². The summed E-state index contributed by atoms with van der Waals surface area (Å²) in [5.41, 5.74) is 6.53. The highest BCUT2D eigenvalue weighted by Gasteiger charge is 2.12. The van der Waals surface area contributed by atoms with Gasteiger partial charge in [-0.05, 0) is 12.5 Å². The molecule has 12 heavy (non-hydrogen) atoms. The summed E-state index contributed by atoms with van der Waals surface area (Å²) in [4.78, 5) is 11.1. The molecule has 0 amide bonds. The molecule has 0 saturated carbocycles. The highest BCUT2D eigenvalue weighted by Crippen LogP contribution is 2.11. The van der Waals surface area contributed by atoms with Gasteiger partial charge in [0.25, 0.3) is 0 Å². The Morgan fingerprint density at radius 1 is 1.58 bits per heavy atom. The summed E-state index contributed by atoms with van der Waals surface area (Å²) in [5.74, 6) is -0.486. The summed E-state index contributed by atoms with van der Waals surface area (Å²) >= 11 is 0. The minimum Gasteiger partial charge on any atom is -0.465 e. The second-order valence-electron chi connectivity index (χ2n) is 2.28. The van der Waals surface area contributed by atoms with Crippen molar-refractivity contribution >= 4 is 5.97 Å². The fourth-order valence-corrected chi connectivity index (χ4v) is 0.749. The number of esters is 1. The quantitative estimate of drug-likeness (QED) is 0.389. The zero-order chi connectivity index (χ0) is 9.72. The molecule has 0 radical (unpaired) electrons. The molecule has 0 fully saturated rings. The molecule has 0 aliphatic carbocycles. The highest BCUT2D eigenvalue weighted by atomic mass is 16.5. The third kappa shape index (κ3) is 2.27. The molecule has 0 saturated heterocycles. The van der Waals surface area contributed by atoms with Crippen molar-refractivity contribution in [1.29, 1.82) is 0 Å². The third-order valence-corrected chi connectivity index (χ3v) is 1.41. The molecule has 0 aliphatic heterocycles. The van der Waals surface area contributed by atoms with Crippen LogP contribution in [-0.2, 0) is 9.53 Å². The van der Waals surface area contributed by atoms with Crippen molar-refractivity contribution in [2.45, 2.75) is 6.92 Å². The summed E-state index contributed by atoms with van der Waals surface area (Å²) in [6.07, 6.45) is 1.53. The average Bonchev–Trinajstić information content (AvgIpc) is 2.03. The van der Waals surface area contributed by atoms with Crippen LogP contribution in [0.15, 0.2) is 36.1 Å². The van der Waals surface area contributed by atoms with E-state index in [0.717, 1.165) is 0 Å². The topological polar surface area (TPSA) is 52.3 Å². The number of rotatable bonds is 3. The van der Waals surface area contributed by atoms with Crippen LogP contribution in [0.1, 0.15) is 6.92 Å². The van der Waals surface area contributed by atoms with Crippen molar-refractivity contribution in [1.82, 2.24) is 0 Å². The van der Waals surface area contributed by atoms with E-state index in [1.54, 1.807) is 6.92 Å². The average molecular weight is 167 g/mol. The molecule has 0 heterocycles. The van der Waals surface area contributed by atoms with E-state index >= 15 is 0 Å². The van der Waals surface area contributed by atoms with Gasteiger partial charge < -0.3 is 10.5 Å². The zero-order valence-corrected chi connectivity index (χ0v) is 7.39. The third-order valence-electron chi connectivity index (χ3n) is 1.41. The maximum Gasteiger partial charge on any atom is 0.340 e. The van der Waals surface area contributed by atoms with Gasteiger partial charge in [-0.15, -0.1) is 0 Å². The Morgan fingerprint density at radius 2 is 2.08 bits per heavy atom. The predicted molar refractivity (Wildman–Crippen MR) is 48.2 cm³/mol. The number of carbonyl (C=O) groups is 1. The normalized spacial score (nSPS) is 11.5. The molecule has 2 N–H and O–H groups in total. The molecule has 0 aromatic heterocycles. The Bertz CT molecular complexity index is 251. The molecule has 0 atom stereocenters. The van der Waals surface area contributed by atoms with Crippen molar-refractivity contribution in [2.24, 2.45) is 5.73 Å². The molecule has 3 nitrogen and oxygen atoms in total. The maximum absolute atomic E-state index is 11.1. The van der Waals surface area contributed by atoms with Crippen molar-refractivity contribution in [3.05, 3.63) is 36.1 Å². The molecule has 0 bridgehead atoms. The molecule has 0 aliphatic rings. The Balaban J connectivity index is 5.04. The fourth-order valence-electron chi connectivity index (χ4n) is 0.749. The minimum atomic E-state index is -0.486. The summed E-state index contributed by atoms with van der Waals surface area (Å²) in [6, 6.07) is 0. The second kappa shape index (κ2) is 4.38. The minimum absolute atomic E-state index is 0.194. The van der Waals surface area contributed by atoms with Gasteiger partial charge in [-0.25, -0.2) is 4.79 Å². The number of allylic oxidation sites excluding steroid dienone is 2. The SMILES string of the molecule is C=C/C(C)=C(\C(=C)N)C(=O)OC. The van der Waals surface area contributed by atoms with Gasteiger partial charge in [0.1, 0.15) is 0 Å². The lowest BCUT2D eigenvalue weighted by molar-refractivity contribution is -0.135. The highest BCUT2D eigenvalue weighted by molar-refractivity contribution is 5.94. The maximum atomic E-state index is 11.1. The van der Waals surface area contributed by atoms with E-state index in [-0.39, 0.29) is 11.3 Å². The van der Waals surface area contributed by atoms with E-state index in [0.29, 0.717) is 5.57 Å². The van der Waals surface area contributed by atoms with Crippen LogP contribution in [0.25, 0.3) is 0 Å². The zero-order valence-electron chi connectivity index (χ0n) is 7.39. The number of hydrogen-bond donors (Lipinski definition) is 1. The van der Waals surface area contributed by atoms with E-state index < -0.39 is 5.97 Å². The van der Waals surface area contributed by atoms with Crippen LogP contribution in [0.5, 0.6) is 0 Å². The molecular formula is C9H13NO2. The largest absolute Gasteiger partial charge is 0.465 e. The van der Waals surface area contributed by atoms with Gasteiger partial charge in [0, 0.05) is 5.70 Å². The van der Waals surface area contributed by atoms with Crippen LogP contribution >= 0.6 is 0 Å². The van der Waals surface area contributed by atoms with Gasteiger partial charge in [-0.2, -0.15) is 0 Å². The van der Waals surface area contributed by atoms with Crippen LogP contribution < -0.4 is 5.73 Å². The number of carbonyl (C=O) groups excluding carboxylic acids is 1. The number of hydrogen-bond acceptors (Lipinski definition) is 3. The van der Waals surface area contributed by atoms with Gasteiger partial charge in [-0.3, -0.25) is 0 Å². The first-order chi connectivity index (χ1) is 5.54. The Morgan fingerprint density at radius 3 is 2.33 bits per heavy atom. The number of nitrogens with two attached hydrogens (primary N) is 1. The van der Waals surface area contributed by atoms with Gasteiger partial charge >= 0.3 is 5.97 Å². The van der Waals surface area contributed by atoms with Crippen molar-refractivity contribution in [3.63, 3.8) is 0 Å². The Kier molecular flexibility index (Phi) is 3.83. The summed E-state index contributed by atoms with van der Waals surface area (Å²) in [6.45, 7) is 8.70. The Labute approximate surface area is 72.2 Å². The number of methoxy groups -OCH3 is 1. The van der Waals surface area contributed by atoms with Crippen LogP contribution in [0, 0.1) is 0 Å². The molecule has 66 valence electrons. The molecule has 0 aromatic carbocycles.